The Morgan fingerprint density at radius 2 is 1.82 bits per heavy atom. The van der Waals surface area contributed by atoms with Gasteiger partial charge in [-0.3, -0.25) is 14.4 Å². The van der Waals surface area contributed by atoms with Crippen molar-refractivity contribution in [3.8, 4) is 0 Å². The number of aryl methyl sites for hydroxylation is 2. The third-order valence-electron chi connectivity index (χ3n) is 6.01. The van der Waals surface area contributed by atoms with Crippen LogP contribution in [0.1, 0.15) is 50.2 Å². The van der Waals surface area contributed by atoms with Crippen molar-refractivity contribution in [2.45, 2.75) is 32.6 Å². The van der Waals surface area contributed by atoms with E-state index < -0.39 is 5.91 Å². The highest BCUT2D eigenvalue weighted by molar-refractivity contribution is 6.30. The minimum absolute atomic E-state index is 0.100. The second-order valence-corrected chi connectivity index (χ2v) is 8.91. The van der Waals surface area contributed by atoms with Crippen LogP contribution < -0.4 is 16.0 Å². The lowest BCUT2D eigenvalue weighted by Gasteiger charge is -2.24. The van der Waals surface area contributed by atoms with Gasteiger partial charge in [0, 0.05) is 34.1 Å². The molecule has 1 heterocycles. The molecule has 3 aromatic carbocycles. The first-order chi connectivity index (χ1) is 16.3. The normalized spacial score (nSPS) is 13.1. The molecule has 34 heavy (non-hydrogen) atoms. The molecule has 1 aliphatic heterocycles. The number of hydrogen-bond donors (Lipinski definition) is 2. The van der Waals surface area contributed by atoms with Crippen LogP contribution in [0.25, 0.3) is 0 Å². The van der Waals surface area contributed by atoms with E-state index >= 15 is 0 Å². The molecule has 3 amide bonds. The van der Waals surface area contributed by atoms with Crippen LogP contribution in [0.3, 0.4) is 0 Å². The highest BCUT2D eigenvalue weighted by Crippen LogP contribution is 2.31. The van der Waals surface area contributed by atoms with Gasteiger partial charge in [0.05, 0.1) is 6.42 Å². The van der Waals surface area contributed by atoms with Crippen molar-refractivity contribution in [3.05, 3.63) is 93.5 Å². The van der Waals surface area contributed by atoms with E-state index in [9.17, 15) is 14.4 Å². The maximum Gasteiger partial charge on any atom is 0.258 e. The van der Waals surface area contributed by atoms with Crippen molar-refractivity contribution in [1.82, 2.24) is 0 Å². The summed E-state index contributed by atoms with van der Waals surface area (Å²) in [6.07, 6.45) is 2.60. The predicted molar refractivity (Wildman–Crippen MR) is 135 cm³/mol. The van der Waals surface area contributed by atoms with Crippen molar-refractivity contribution in [1.29, 1.82) is 0 Å². The summed E-state index contributed by atoms with van der Waals surface area (Å²) >= 11 is 6.17. The van der Waals surface area contributed by atoms with Gasteiger partial charge < -0.3 is 16.0 Å². The van der Waals surface area contributed by atoms with Crippen LogP contribution >= 0.6 is 11.6 Å². The largest absolute Gasteiger partial charge is 0.369 e. The van der Waals surface area contributed by atoms with E-state index in [1.54, 1.807) is 41.3 Å². The van der Waals surface area contributed by atoms with Crippen molar-refractivity contribution in [3.63, 3.8) is 0 Å². The van der Waals surface area contributed by atoms with Crippen LogP contribution in [0, 0.1) is 6.92 Å². The number of nitrogens with zero attached hydrogens (tertiary/aromatic N) is 1. The lowest BCUT2D eigenvalue weighted by molar-refractivity contribution is -0.117. The number of halogens is 1. The summed E-state index contributed by atoms with van der Waals surface area (Å²) in [5, 5.41) is 3.51. The monoisotopic (exact) mass is 475 g/mol. The van der Waals surface area contributed by atoms with Crippen molar-refractivity contribution in [2.75, 3.05) is 16.8 Å². The third kappa shape index (κ3) is 5.13. The zero-order valence-electron chi connectivity index (χ0n) is 18.9. The molecule has 4 rings (SSSR count). The summed E-state index contributed by atoms with van der Waals surface area (Å²) in [7, 11) is 0. The Bertz CT molecular complexity index is 1270. The molecular weight excluding hydrogens is 450 g/mol. The van der Waals surface area contributed by atoms with Crippen LogP contribution in [-0.2, 0) is 17.6 Å². The first-order valence-electron chi connectivity index (χ1n) is 11.2. The van der Waals surface area contributed by atoms with Gasteiger partial charge in [-0.2, -0.15) is 0 Å². The minimum Gasteiger partial charge on any atom is -0.369 e. The molecule has 0 radical (unpaired) electrons. The molecule has 0 aromatic heterocycles. The summed E-state index contributed by atoms with van der Waals surface area (Å²) in [6, 6.07) is 17.8. The van der Waals surface area contributed by atoms with Gasteiger partial charge in [-0.05, 0) is 85.3 Å². The van der Waals surface area contributed by atoms with Crippen LogP contribution in [0.15, 0.2) is 60.7 Å². The number of nitrogens with one attached hydrogen (secondary N) is 1. The Kier molecular flexibility index (Phi) is 6.98. The average Bonchev–Trinajstić information content (AvgIpc) is 3.01. The van der Waals surface area contributed by atoms with Gasteiger partial charge in [0.25, 0.3) is 11.8 Å². The van der Waals surface area contributed by atoms with Crippen molar-refractivity contribution < 1.29 is 14.4 Å². The standard InChI is InChI=1S/C27H26ClN3O3/c1-17-6-2-3-8-22(17)26(33)30-23-11-9-19(14-20(23)16-25(29)32)27(34)31-13-5-4-7-18-15-21(28)10-12-24(18)31/h2-3,6,8-12,14-15H,4-5,7,13,16H2,1H3,(H2,29,32)(H,30,33). The van der Waals surface area contributed by atoms with E-state index in [0.29, 0.717) is 33.9 Å². The Morgan fingerprint density at radius 3 is 2.59 bits per heavy atom. The van der Waals surface area contributed by atoms with E-state index in [1.807, 2.05) is 31.2 Å². The molecule has 0 fully saturated rings. The number of anilines is 2. The smallest absolute Gasteiger partial charge is 0.258 e. The number of rotatable bonds is 5. The summed E-state index contributed by atoms with van der Waals surface area (Å²) in [5.41, 5.74) is 10.1. The van der Waals surface area contributed by atoms with Gasteiger partial charge in [-0.25, -0.2) is 0 Å². The fourth-order valence-electron chi connectivity index (χ4n) is 4.29. The number of hydrogen-bond acceptors (Lipinski definition) is 3. The zero-order valence-corrected chi connectivity index (χ0v) is 19.7. The number of nitrogens with two attached hydrogens (primary N) is 1. The number of benzene rings is 3. The second-order valence-electron chi connectivity index (χ2n) is 8.47. The highest BCUT2D eigenvalue weighted by Gasteiger charge is 2.24. The summed E-state index contributed by atoms with van der Waals surface area (Å²) in [5.74, 6) is -1.01. The SMILES string of the molecule is Cc1ccccc1C(=O)Nc1ccc(C(=O)N2CCCCc3cc(Cl)ccc32)cc1CC(N)=O. The fourth-order valence-corrected chi connectivity index (χ4v) is 4.48. The Morgan fingerprint density at radius 1 is 1.03 bits per heavy atom. The van der Waals surface area contributed by atoms with Crippen molar-refractivity contribution >= 4 is 40.7 Å². The molecule has 0 spiro atoms. The first-order valence-corrected chi connectivity index (χ1v) is 11.6. The Balaban J connectivity index is 1.66. The maximum absolute atomic E-state index is 13.5. The van der Waals surface area contributed by atoms with Gasteiger partial charge >= 0.3 is 0 Å². The first kappa shape index (κ1) is 23.5. The molecule has 0 unspecified atom stereocenters. The van der Waals surface area contributed by atoms with Crippen LogP contribution in [0.4, 0.5) is 11.4 Å². The van der Waals surface area contributed by atoms with Crippen LogP contribution in [-0.4, -0.2) is 24.3 Å². The predicted octanol–water partition coefficient (Wildman–Crippen LogP) is 4.91. The number of carbonyl (C=O) groups is 3. The molecule has 0 atom stereocenters. The number of primary amides is 1. The second kappa shape index (κ2) is 10.1. The quantitative estimate of drug-likeness (QED) is 0.549. The Hall–Kier alpha value is -3.64. The van der Waals surface area contributed by atoms with E-state index in [4.69, 9.17) is 17.3 Å². The molecule has 6 nitrogen and oxygen atoms in total. The van der Waals surface area contributed by atoms with Crippen molar-refractivity contribution in [2.24, 2.45) is 5.73 Å². The summed E-state index contributed by atoms with van der Waals surface area (Å²) < 4.78 is 0. The molecule has 0 aliphatic carbocycles. The highest BCUT2D eigenvalue weighted by atomic mass is 35.5. The summed E-state index contributed by atoms with van der Waals surface area (Å²) in [4.78, 5) is 39.9. The van der Waals surface area contributed by atoms with E-state index in [2.05, 4.69) is 5.32 Å². The number of fused-ring (bicyclic) bond motifs is 1. The zero-order chi connectivity index (χ0) is 24.2. The van der Waals surface area contributed by atoms with Gasteiger partial charge in [0.1, 0.15) is 0 Å². The molecule has 3 aromatic rings. The topological polar surface area (TPSA) is 92.5 Å². The molecule has 7 heteroatoms. The molecular formula is C27H26ClN3O3. The molecule has 1 aliphatic rings. The van der Waals surface area contributed by atoms with Gasteiger partial charge in [-0.1, -0.05) is 29.8 Å². The average molecular weight is 476 g/mol. The number of amides is 3. The van der Waals surface area contributed by atoms with E-state index in [0.717, 1.165) is 36.1 Å². The van der Waals surface area contributed by atoms with Gasteiger partial charge in [0.2, 0.25) is 5.91 Å². The molecule has 3 N–H and O–H groups in total. The number of carbonyl (C=O) groups excluding carboxylic acids is 3. The van der Waals surface area contributed by atoms with Gasteiger partial charge in [-0.15, -0.1) is 0 Å². The summed E-state index contributed by atoms with van der Waals surface area (Å²) in [6.45, 7) is 2.44. The van der Waals surface area contributed by atoms with Crippen LogP contribution in [0.5, 0.6) is 0 Å². The van der Waals surface area contributed by atoms with Gasteiger partial charge in [0.15, 0.2) is 0 Å². The molecule has 0 saturated heterocycles. The molecule has 174 valence electrons. The van der Waals surface area contributed by atoms with E-state index in [1.165, 1.54) is 0 Å². The van der Waals surface area contributed by atoms with E-state index in [-0.39, 0.29) is 18.2 Å². The molecule has 0 saturated carbocycles. The van der Waals surface area contributed by atoms with Crippen LogP contribution in [0.2, 0.25) is 5.02 Å². The molecule has 0 bridgehead atoms. The lowest BCUT2D eigenvalue weighted by Crippen LogP contribution is -2.32. The Labute approximate surface area is 203 Å². The fraction of sp³-hybridized carbons (Fsp3) is 0.222. The third-order valence-corrected chi connectivity index (χ3v) is 6.25. The maximum atomic E-state index is 13.5. The minimum atomic E-state index is -0.550. The lowest BCUT2D eigenvalue weighted by atomic mass is 10.0.